The highest BCUT2D eigenvalue weighted by Gasteiger charge is 2.37. The molecule has 1 heterocycles. The molecule has 0 fully saturated rings. The Kier molecular flexibility index (Phi) is 3.27. The Bertz CT molecular complexity index is 649. The van der Waals surface area contributed by atoms with Gasteiger partial charge in [-0.1, -0.05) is 0 Å². The van der Waals surface area contributed by atoms with Crippen LogP contribution < -0.4 is 0 Å². The lowest BCUT2D eigenvalue weighted by atomic mass is 10.3. The minimum Gasteiger partial charge on any atom is -0.264 e. The third-order valence-corrected chi connectivity index (χ3v) is 5.08. The molecule has 0 saturated carbocycles. The van der Waals surface area contributed by atoms with E-state index >= 15 is 0 Å². The minimum absolute atomic E-state index is 0.0627. The average Bonchev–Trinajstić information content (AvgIpc) is 2.70. The van der Waals surface area contributed by atoms with Gasteiger partial charge in [-0.15, -0.1) is 4.31 Å². The lowest BCUT2D eigenvalue weighted by molar-refractivity contribution is -0.486. The van der Waals surface area contributed by atoms with Gasteiger partial charge in [-0.25, -0.2) is 0 Å². The van der Waals surface area contributed by atoms with Gasteiger partial charge in [0, 0.05) is 19.1 Å². The van der Waals surface area contributed by atoms with Crippen molar-refractivity contribution in [2.24, 2.45) is 0 Å². The zero-order valence-electron chi connectivity index (χ0n) is 10.6. The first-order chi connectivity index (χ1) is 8.84. The summed E-state index contributed by atoms with van der Waals surface area (Å²) in [4.78, 5) is 10.1. The van der Waals surface area contributed by atoms with Crippen LogP contribution in [0, 0.1) is 10.1 Å². The van der Waals surface area contributed by atoms with Gasteiger partial charge in [0.1, 0.15) is 18.0 Å². The van der Waals surface area contributed by atoms with E-state index in [0.717, 1.165) is 0 Å². The number of nitro groups is 1. The van der Waals surface area contributed by atoms with Crippen LogP contribution in [0.4, 0.5) is 5.69 Å². The molecule has 0 saturated heterocycles. The molecule has 0 amide bonds. The second-order valence-corrected chi connectivity index (χ2v) is 6.16. The minimum atomic E-state index is -3.63. The fraction of sp³-hybridized carbons (Fsp3) is 0.364. The van der Waals surface area contributed by atoms with Gasteiger partial charge in [0.2, 0.25) is 0 Å². The van der Waals surface area contributed by atoms with Crippen molar-refractivity contribution in [3.05, 3.63) is 34.4 Å². The predicted molar refractivity (Wildman–Crippen MR) is 68.7 cm³/mol. The van der Waals surface area contributed by atoms with Crippen molar-refractivity contribution in [2.75, 3.05) is 20.1 Å². The number of rotatable bonds is 3. The highest BCUT2D eigenvalue weighted by Crippen LogP contribution is 2.21. The lowest BCUT2D eigenvalue weighted by Crippen LogP contribution is -2.33. The molecule has 1 aromatic rings. The van der Waals surface area contributed by atoms with Gasteiger partial charge >= 0.3 is 10.0 Å². The van der Waals surface area contributed by atoms with E-state index in [4.69, 9.17) is 0 Å². The molecule has 0 unspecified atom stereocenters. The first kappa shape index (κ1) is 13.5. The fourth-order valence-electron chi connectivity index (χ4n) is 1.92. The fourth-order valence-corrected chi connectivity index (χ4v) is 3.46. The molecule has 1 aromatic carbocycles. The number of benzene rings is 1. The van der Waals surface area contributed by atoms with E-state index in [1.54, 1.807) is 6.92 Å². The van der Waals surface area contributed by atoms with Crippen LogP contribution >= 0.6 is 0 Å². The second kappa shape index (κ2) is 4.61. The molecular weight excluding hydrogens is 270 g/mol. The van der Waals surface area contributed by atoms with Gasteiger partial charge in [-0.05, 0) is 12.1 Å². The van der Waals surface area contributed by atoms with Crippen LogP contribution in [0.1, 0.15) is 6.92 Å². The Hall–Kier alpha value is -1.96. The number of hydrogen-bond acceptors (Lipinski definition) is 4. The molecule has 2 rings (SSSR count). The molecule has 0 radical (unpaired) electrons. The molecule has 8 heteroatoms. The summed E-state index contributed by atoms with van der Waals surface area (Å²) in [5.41, 5.74) is -0.127. The molecular formula is C11H14N3O4S+. The van der Waals surface area contributed by atoms with E-state index in [2.05, 4.69) is 0 Å². The summed E-state index contributed by atoms with van der Waals surface area (Å²) >= 11 is 0. The van der Waals surface area contributed by atoms with E-state index < -0.39 is 14.9 Å². The van der Waals surface area contributed by atoms with Gasteiger partial charge in [0.25, 0.3) is 11.5 Å². The van der Waals surface area contributed by atoms with Crippen molar-refractivity contribution in [3.63, 3.8) is 0 Å². The van der Waals surface area contributed by atoms with Gasteiger partial charge in [-0.2, -0.15) is 8.42 Å². The molecule has 0 atom stereocenters. The summed E-state index contributed by atoms with van der Waals surface area (Å²) < 4.78 is 27.9. The van der Waals surface area contributed by atoms with Gasteiger partial charge in [0.05, 0.1) is 12.0 Å². The zero-order valence-corrected chi connectivity index (χ0v) is 11.4. The number of nitro benzene ring substituents is 1. The normalized spacial score (nSPS) is 16.0. The zero-order chi connectivity index (χ0) is 14.2. The molecule has 1 aliphatic rings. The monoisotopic (exact) mass is 284 g/mol. The summed E-state index contributed by atoms with van der Waals surface area (Å²) in [6.45, 7) is 2.76. The Morgan fingerprint density at radius 2 is 1.89 bits per heavy atom. The largest absolute Gasteiger partial charge is 0.330 e. The molecule has 19 heavy (non-hydrogen) atoms. The summed E-state index contributed by atoms with van der Waals surface area (Å²) in [7, 11) is -1.81. The average molecular weight is 284 g/mol. The number of likely N-dealkylation sites (N-methyl/N-ethyl adjacent to an activating group) is 1. The summed E-state index contributed by atoms with van der Waals surface area (Å²) in [5.74, 6) is 0.651. The number of sulfonamides is 1. The van der Waals surface area contributed by atoms with E-state index in [1.165, 1.54) is 28.6 Å². The van der Waals surface area contributed by atoms with Crippen LogP contribution in [-0.4, -0.2) is 48.2 Å². The number of hydrogen-bond donors (Lipinski definition) is 0. The van der Waals surface area contributed by atoms with Crippen LogP contribution in [-0.2, 0) is 10.0 Å². The maximum Gasteiger partial charge on any atom is 0.330 e. The Morgan fingerprint density at radius 1 is 1.32 bits per heavy atom. The maximum absolute atomic E-state index is 12.4. The van der Waals surface area contributed by atoms with Crippen LogP contribution in [0.5, 0.6) is 0 Å². The second-order valence-electron chi connectivity index (χ2n) is 4.30. The van der Waals surface area contributed by atoms with Gasteiger partial charge in [0.15, 0.2) is 0 Å². The highest BCUT2D eigenvalue weighted by molar-refractivity contribution is 7.89. The number of non-ortho nitro benzene ring substituents is 1. The van der Waals surface area contributed by atoms with Gasteiger partial charge < -0.3 is 0 Å². The van der Waals surface area contributed by atoms with Crippen LogP contribution in [0.2, 0.25) is 0 Å². The Balaban J connectivity index is 2.38. The molecule has 0 bridgehead atoms. The molecule has 0 aromatic heterocycles. The molecule has 7 nitrogen and oxygen atoms in total. The quantitative estimate of drug-likeness (QED) is 0.464. The topological polar surface area (TPSA) is 83.5 Å². The molecule has 1 aliphatic heterocycles. The summed E-state index contributed by atoms with van der Waals surface area (Å²) in [6, 6.07) is 4.92. The Labute approximate surface area is 111 Å². The number of nitrogens with zero attached hydrogens (tertiary/aromatic N) is 3. The van der Waals surface area contributed by atoms with Crippen LogP contribution in [0.25, 0.3) is 0 Å². The van der Waals surface area contributed by atoms with E-state index in [1.807, 2.05) is 11.6 Å². The highest BCUT2D eigenvalue weighted by atomic mass is 32.2. The maximum atomic E-state index is 12.4. The van der Waals surface area contributed by atoms with Crippen molar-refractivity contribution in [3.8, 4) is 0 Å². The Morgan fingerprint density at radius 3 is 2.32 bits per heavy atom. The van der Waals surface area contributed by atoms with Crippen molar-refractivity contribution in [1.29, 1.82) is 0 Å². The SMILES string of the molecule is CC1=[N+](C)CCN1S(=O)(=O)c1ccc([N+](=O)[O-])cc1. The van der Waals surface area contributed by atoms with Crippen LogP contribution in [0.3, 0.4) is 0 Å². The van der Waals surface area contributed by atoms with Crippen molar-refractivity contribution >= 4 is 21.5 Å². The van der Waals surface area contributed by atoms with Gasteiger partial charge in [-0.3, -0.25) is 14.7 Å². The van der Waals surface area contributed by atoms with Crippen molar-refractivity contribution in [2.45, 2.75) is 11.8 Å². The molecule has 0 spiro atoms. The standard InChI is InChI=1S/C11H14N3O4S/c1-9-12(2)7-8-13(9)19(17,18)11-5-3-10(4-6-11)14(15)16/h3-6H,7-8H2,1-2H3/q+1. The van der Waals surface area contributed by atoms with E-state index in [9.17, 15) is 18.5 Å². The first-order valence-corrected chi connectivity index (χ1v) is 7.10. The summed E-state index contributed by atoms with van der Waals surface area (Å²) in [6.07, 6.45) is 0. The smallest absolute Gasteiger partial charge is 0.264 e. The summed E-state index contributed by atoms with van der Waals surface area (Å²) in [5, 5.41) is 10.5. The van der Waals surface area contributed by atoms with Crippen LogP contribution in [0.15, 0.2) is 29.2 Å². The number of amidine groups is 1. The molecule has 102 valence electrons. The van der Waals surface area contributed by atoms with Crippen molar-refractivity contribution in [1.82, 2.24) is 4.31 Å². The third kappa shape index (κ3) is 2.30. The lowest BCUT2D eigenvalue weighted by Gasteiger charge is -2.10. The van der Waals surface area contributed by atoms with E-state index in [-0.39, 0.29) is 10.6 Å². The first-order valence-electron chi connectivity index (χ1n) is 5.66. The predicted octanol–water partition coefficient (Wildman–Crippen LogP) is 0.660. The van der Waals surface area contributed by atoms with Crippen molar-refractivity contribution < 1.29 is 17.9 Å². The van der Waals surface area contributed by atoms with E-state index in [0.29, 0.717) is 18.9 Å². The molecule has 0 aliphatic carbocycles. The molecule has 0 N–H and O–H groups in total. The third-order valence-electron chi connectivity index (χ3n) is 3.19.